The van der Waals surface area contributed by atoms with Gasteiger partial charge in [0.05, 0.1) is 16.8 Å². The molecule has 2 heterocycles. The summed E-state index contributed by atoms with van der Waals surface area (Å²) >= 11 is 8.98. The van der Waals surface area contributed by atoms with Crippen molar-refractivity contribution in [1.29, 1.82) is 0 Å². The van der Waals surface area contributed by atoms with Crippen LogP contribution in [0.5, 0.6) is 0 Å². The second-order valence-corrected chi connectivity index (χ2v) is 11.0. The van der Waals surface area contributed by atoms with Crippen LogP contribution in [0.25, 0.3) is 15.9 Å². The summed E-state index contributed by atoms with van der Waals surface area (Å²) in [5.74, 6) is -0.0495. The molecule has 0 atom stereocenters. The number of aryl methyl sites for hydroxylation is 4. The Labute approximate surface area is 211 Å². The molecule has 0 radical (unpaired) electrons. The number of amides is 1. The van der Waals surface area contributed by atoms with Gasteiger partial charge >= 0.3 is 0 Å². The molecule has 1 aliphatic carbocycles. The fourth-order valence-electron chi connectivity index (χ4n) is 4.25. The lowest BCUT2D eigenvalue weighted by atomic mass is 9.97. The number of thioether (sulfide) groups is 1. The van der Waals surface area contributed by atoms with Crippen LogP contribution >= 0.6 is 34.7 Å². The highest BCUT2D eigenvalue weighted by atomic mass is 35.5. The van der Waals surface area contributed by atoms with Crippen molar-refractivity contribution in [3.63, 3.8) is 0 Å². The van der Waals surface area contributed by atoms with Gasteiger partial charge in [-0.3, -0.25) is 14.2 Å². The van der Waals surface area contributed by atoms with Crippen molar-refractivity contribution in [2.75, 3.05) is 11.1 Å². The van der Waals surface area contributed by atoms with Crippen LogP contribution in [0.4, 0.5) is 5.69 Å². The lowest BCUT2D eigenvalue weighted by molar-refractivity contribution is -0.113. The van der Waals surface area contributed by atoms with Crippen LogP contribution in [0.1, 0.15) is 34.4 Å². The smallest absolute Gasteiger partial charge is 0.267 e. The summed E-state index contributed by atoms with van der Waals surface area (Å²) in [5.41, 5.74) is 4.60. The predicted molar refractivity (Wildman–Crippen MR) is 142 cm³/mol. The summed E-state index contributed by atoms with van der Waals surface area (Å²) in [6.07, 6.45) is 4.18. The third kappa shape index (κ3) is 4.52. The molecule has 34 heavy (non-hydrogen) atoms. The van der Waals surface area contributed by atoms with Crippen LogP contribution in [0.3, 0.4) is 0 Å². The Morgan fingerprint density at radius 3 is 2.71 bits per heavy atom. The summed E-state index contributed by atoms with van der Waals surface area (Å²) in [5, 5.41) is 4.75. The van der Waals surface area contributed by atoms with Crippen molar-refractivity contribution >= 4 is 56.5 Å². The maximum absolute atomic E-state index is 13.8. The topological polar surface area (TPSA) is 64.0 Å². The fourth-order valence-corrected chi connectivity index (χ4v) is 6.54. The van der Waals surface area contributed by atoms with Crippen LogP contribution in [0.15, 0.2) is 52.4 Å². The molecule has 0 unspecified atom stereocenters. The van der Waals surface area contributed by atoms with Crippen LogP contribution in [0.2, 0.25) is 5.02 Å². The Bertz CT molecular complexity index is 1460. The zero-order chi connectivity index (χ0) is 23.8. The number of hydrogen-bond donors (Lipinski definition) is 1. The quantitative estimate of drug-likeness (QED) is 0.252. The molecule has 174 valence electrons. The average molecular weight is 510 g/mol. The maximum atomic E-state index is 13.8. The van der Waals surface area contributed by atoms with Gasteiger partial charge in [-0.05, 0) is 74.9 Å². The van der Waals surface area contributed by atoms with E-state index in [0.717, 1.165) is 58.3 Å². The van der Waals surface area contributed by atoms with E-state index in [2.05, 4.69) is 5.32 Å². The minimum Gasteiger partial charge on any atom is -0.325 e. The van der Waals surface area contributed by atoms with E-state index in [-0.39, 0.29) is 17.2 Å². The second-order valence-electron chi connectivity index (χ2n) is 8.56. The van der Waals surface area contributed by atoms with Crippen LogP contribution < -0.4 is 10.9 Å². The van der Waals surface area contributed by atoms with Gasteiger partial charge in [-0.2, -0.15) is 0 Å². The fraction of sp³-hybridized carbons (Fsp3) is 0.269. The van der Waals surface area contributed by atoms with Gasteiger partial charge in [0, 0.05) is 15.6 Å². The number of hydrogen-bond acceptors (Lipinski definition) is 5. The molecule has 5 rings (SSSR count). The third-order valence-corrected chi connectivity index (χ3v) is 8.42. The number of fused-ring (bicyclic) bond motifs is 3. The van der Waals surface area contributed by atoms with E-state index < -0.39 is 0 Å². The van der Waals surface area contributed by atoms with Gasteiger partial charge in [0.15, 0.2) is 5.16 Å². The number of carbonyl (C=O) groups excluding carboxylic acids is 1. The number of halogens is 1. The van der Waals surface area contributed by atoms with Gasteiger partial charge in [0.2, 0.25) is 5.91 Å². The van der Waals surface area contributed by atoms with E-state index in [0.29, 0.717) is 15.9 Å². The Kier molecular flexibility index (Phi) is 6.51. The predicted octanol–water partition coefficient (Wildman–Crippen LogP) is 6.33. The van der Waals surface area contributed by atoms with Crippen LogP contribution in [-0.4, -0.2) is 21.2 Å². The average Bonchev–Trinajstić information content (AvgIpc) is 3.20. The molecule has 0 aliphatic heterocycles. The van der Waals surface area contributed by atoms with Crippen LogP contribution in [0, 0.1) is 13.8 Å². The summed E-state index contributed by atoms with van der Waals surface area (Å²) in [6.45, 7) is 3.93. The number of nitrogens with one attached hydrogen (secondary N) is 1. The maximum Gasteiger partial charge on any atom is 0.267 e. The van der Waals surface area contributed by atoms with Crippen LogP contribution in [-0.2, 0) is 17.6 Å². The molecule has 0 fully saturated rings. The molecular weight excluding hydrogens is 486 g/mol. The van der Waals surface area contributed by atoms with Crippen molar-refractivity contribution in [3.05, 3.63) is 79.4 Å². The highest BCUT2D eigenvalue weighted by molar-refractivity contribution is 7.99. The van der Waals surface area contributed by atoms with Crippen molar-refractivity contribution in [1.82, 2.24) is 9.55 Å². The highest BCUT2D eigenvalue weighted by Gasteiger charge is 2.23. The summed E-state index contributed by atoms with van der Waals surface area (Å²) in [7, 11) is 0. The Morgan fingerprint density at radius 2 is 1.91 bits per heavy atom. The molecule has 5 nitrogen and oxygen atoms in total. The normalized spacial score (nSPS) is 13.1. The Morgan fingerprint density at radius 1 is 1.15 bits per heavy atom. The minimum absolute atomic E-state index is 0.0538. The first kappa shape index (κ1) is 23.1. The number of aromatic nitrogens is 2. The molecule has 1 N–H and O–H groups in total. The summed E-state index contributed by atoms with van der Waals surface area (Å²) in [6, 6.07) is 13.2. The lowest BCUT2D eigenvalue weighted by Crippen LogP contribution is -2.23. The van der Waals surface area contributed by atoms with Gasteiger partial charge < -0.3 is 5.32 Å². The number of nitrogens with zero attached hydrogens (tertiary/aromatic N) is 2. The molecule has 8 heteroatoms. The lowest BCUT2D eigenvalue weighted by Gasteiger charge is -2.14. The molecule has 0 saturated heterocycles. The first-order valence-corrected chi connectivity index (χ1v) is 13.4. The first-order chi connectivity index (χ1) is 16.4. The Hall–Kier alpha value is -2.61. The van der Waals surface area contributed by atoms with E-state index in [4.69, 9.17) is 16.6 Å². The zero-order valence-electron chi connectivity index (χ0n) is 19.0. The number of carbonyl (C=O) groups is 1. The number of rotatable bonds is 5. The van der Waals surface area contributed by atoms with Gasteiger partial charge in [-0.25, -0.2) is 4.98 Å². The third-order valence-electron chi connectivity index (χ3n) is 6.06. The van der Waals surface area contributed by atoms with Crippen molar-refractivity contribution in [3.8, 4) is 5.69 Å². The SMILES string of the molecule is Cc1ccc(-n2c(SCC(=O)Nc3cc(Cl)ccc3C)nc3sc4c(c3c2=O)CCCC4)cc1. The summed E-state index contributed by atoms with van der Waals surface area (Å²) < 4.78 is 1.66. The Balaban J connectivity index is 1.52. The van der Waals surface area contributed by atoms with Gasteiger partial charge in [-0.15, -0.1) is 11.3 Å². The monoisotopic (exact) mass is 509 g/mol. The van der Waals surface area contributed by atoms with E-state index >= 15 is 0 Å². The molecule has 0 spiro atoms. The van der Waals surface area contributed by atoms with Gasteiger partial charge in [0.1, 0.15) is 4.83 Å². The molecule has 1 aliphatic rings. The van der Waals surface area contributed by atoms with Gasteiger partial charge in [-0.1, -0.05) is 47.1 Å². The largest absolute Gasteiger partial charge is 0.325 e. The molecule has 0 bridgehead atoms. The molecule has 1 amide bonds. The molecule has 0 saturated carbocycles. The molecule has 2 aromatic carbocycles. The molecule has 4 aromatic rings. The highest BCUT2D eigenvalue weighted by Crippen LogP contribution is 2.35. The summed E-state index contributed by atoms with van der Waals surface area (Å²) in [4.78, 5) is 33.5. The van der Waals surface area contributed by atoms with E-state index in [9.17, 15) is 9.59 Å². The molecule has 2 aromatic heterocycles. The first-order valence-electron chi connectivity index (χ1n) is 11.2. The van der Waals surface area contributed by atoms with Gasteiger partial charge in [0.25, 0.3) is 5.56 Å². The number of anilines is 1. The standard InChI is InChI=1S/C26H24ClN3O2S2/c1-15-7-11-18(12-8-15)30-25(32)23-19-5-3-4-6-21(19)34-24(23)29-26(30)33-14-22(31)28-20-13-17(27)10-9-16(20)2/h7-13H,3-6,14H2,1-2H3,(H,28,31). The van der Waals surface area contributed by atoms with E-state index in [1.54, 1.807) is 28.0 Å². The van der Waals surface area contributed by atoms with Crippen molar-refractivity contribution in [2.45, 2.75) is 44.7 Å². The minimum atomic E-state index is -0.175. The zero-order valence-corrected chi connectivity index (χ0v) is 21.4. The molecular formula is C26H24ClN3O2S2. The second kappa shape index (κ2) is 9.56. The number of benzene rings is 2. The number of thiophene rings is 1. The van der Waals surface area contributed by atoms with Crippen molar-refractivity contribution in [2.24, 2.45) is 0 Å². The van der Waals surface area contributed by atoms with E-state index in [1.165, 1.54) is 16.6 Å². The van der Waals surface area contributed by atoms with Crippen molar-refractivity contribution < 1.29 is 4.79 Å². The van der Waals surface area contributed by atoms with E-state index in [1.807, 2.05) is 44.2 Å².